The van der Waals surface area contributed by atoms with Gasteiger partial charge in [0.2, 0.25) is 0 Å². The van der Waals surface area contributed by atoms with Crippen LogP contribution in [0.3, 0.4) is 0 Å². The summed E-state index contributed by atoms with van der Waals surface area (Å²) in [6.45, 7) is 14.5. The average Bonchev–Trinajstić information content (AvgIpc) is 2.73. The minimum absolute atomic E-state index is 0.0663. The van der Waals surface area contributed by atoms with Crippen LogP contribution in [0.5, 0.6) is 0 Å². The van der Waals surface area contributed by atoms with Gasteiger partial charge in [0, 0.05) is 51.0 Å². The maximum absolute atomic E-state index is 12.6. The maximum Gasteiger partial charge on any atom is 0.312 e. The minimum Gasteiger partial charge on any atom is -0.368 e. The molecule has 6 nitrogen and oxygen atoms in total. The van der Waals surface area contributed by atoms with Crippen molar-refractivity contribution in [2.45, 2.75) is 52.0 Å². The molecule has 1 N–H and O–H groups in total. The molecule has 6 heteroatoms. The summed E-state index contributed by atoms with van der Waals surface area (Å²) >= 11 is 0. The van der Waals surface area contributed by atoms with E-state index in [4.69, 9.17) is 0 Å². The quantitative estimate of drug-likeness (QED) is 0.791. The molecule has 2 saturated heterocycles. The molecule has 2 aliphatic heterocycles. The lowest BCUT2D eigenvalue weighted by Gasteiger charge is -2.38. The third kappa shape index (κ3) is 5.30. The predicted molar refractivity (Wildman–Crippen MR) is 117 cm³/mol. The molecule has 0 bridgehead atoms. The largest absolute Gasteiger partial charge is 0.368 e. The molecule has 29 heavy (non-hydrogen) atoms. The van der Waals surface area contributed by atoms with E-state index in [1.54, 1.807) is 4.90 Å². The van der Waals surface area contributed by atoms with E-state index < -0.39 is 5.91 Å². The Morgan fingerprint density at radius 1 is 1.00 bits per heavy atom. The maximum atomic E-state index is 12.6. The highest BCUT2D eigenvalue weighted by atomic mass is 16.2. The predicted octanol–water partition coefficient (Wildman–Crippen LogP) is 2.23. The second-order valence-corrected chi connectivity index (χ2v) is 9.23. The molecule has 0 saturated carbocycles. The van der Waals surface area contributed by atoms with Crippen LogP contribution in [-0.2, 0) is 15.0 Å². The topological polar surface area (TPSA) is 55.9 Å². The van der Waals surface area contributed by atoms with Crippen molar-refractivity contribution >= 4 is 17.5 Å². The molecule has 2 aliphatic rings. The molecular weight excluding hydrogens is 364 g/mol. The number of piperidine rings is 1. The lowest BCUT2D eigenvalue weighted by molar-refractivity contribution is -0.146. The summed E-state index contributed by atoms with van der Waals surface area (Å²) in [6.07, 6.45) is 1.84. The van der Waals surface area contributed by atoms with Gasteiger partial charge in [0.25, 0.3) is 0 Å². The molecule has 2 fully saturated rings. The standard InChI is InChI=1S/C23H36N4O2/c1-5-25-12-10-18(11-13-25)24-21(28)22(29)27-16-14-26(15-17-27)20-9-7-6-8-19(20)23(2,3)4/h6-9,18H,5,10-17H2,1-4H3,(H,24,28). The van der Waals surface area contributed by atoms with Gasteiger partial charge in [-0.15, -0.1) is 0 Å². The zero-order valence-electron chi connectivity index (χ0n) is 18.4. The molecule has 160 valence electrons. The molecule has 2 amide bonds. The molecule has 3 rings (SSSR count). The molecule has 1 aromatic carbocycles. The van der Waals surface area contributed by atoms with Crippen molar-refractivity contribution < 1.29 is 9.59 Å². The van der Waals surface area contributed by atoms with Gasteiger partial charge in [0.1, 0.15) is 0 Å². The number of likely N-dealkylation sites (tertiary alicyclic amines) is 1. The zero-order valence-corrected chi connectivity index (χ0v) is 18.4. The van der Waals surface area contributed by atoms with Crippen LogP contribution in [0.15, 0.2) is 24.3 Å². The number of piperazine rings is 1. The molecule has 2 heterocycles. The summed E-state index contributed by atoms with van der Waals surface area (Å²) in [6, 6.07) is 8.62. The monoisotopic (exact) mass is 400 g/mol. The highest BCUT2D eigenvalue weighted by molar-refractivity contribution is 6.35. The summed E-state index contributed by atoms with van der Waals surface area (Å²) in [5, 5.41) is 2.96. The van der Waals surface area contributed by atoms with Crippen molar-refractivity contribution in [3.8, 4) is 0 Å². The normalized spacial score (nSPS) is 19.3. The van der Waals surface area contributed by atoms with Gasteiger partial charge in [0.15, 0.2) is 0 Å². The summed E-state index contributed by atoms with van der Waals surface area (Å²) in [5.74, 6) is -0.824. The Balaban J connectivity index is 1.53. The SMILES string of the molecule is CCN1CCC(NC(=O)C(=O)N2CCN(c3ccccc3C(C)(C)C)CC2)CC1. The Labute approximate surface area is 175 Å². The number of nitrogens with one attached hydrogen (secondary N) is 1. The van der Waals surface area contributed by atoms with Crippen LogP contribution >= 0.6 is 0 Å². The number of carbonyl (C=O) groups is 2. The van der Waals surface area contributed by atoms with E-state index >= 15 is 0 Å². The van der Waals surface area contributed by atoms with Gasteiger partial charge in [-0.3, -0.25) is 9.59 Å². The van der Waals surface area contributed by atoms with Crippen LogP contribution < -0.4 is 10.2 Å². The molecule has 0 aromatic heterocycles. The minimum atomic E-state index is -0.441. The number of amides is 2. The van der Waals surface area contributed by atoms with E-state index in [2.05, 4.69) is 67.1 Å². The zero-order chi connectivity index (χ0) is 21.0. The van der Waals surface area contributed by atoms with Gasteiger partial charge in [-0.05, 0) is 36.4 Å². The number of anilines is 1. The molecule has 0 unspecified atom stereocenters. The van der Waals surface area contributed by atoms with Gasteiger partial charge in [-0.1, -0.05) is 45.9 Å². The Morgan fingerprint density at radius 2 is 1.62 bits per heavy atom. The lowest BCUT2D eigenvalue weighted by atomic mass is 9.85. The second kappa shape index (κ2) is 9.16. The van der Waals surface area contributed by atoms with Crippen LogP contribution in [0.4, 0.5) is 5.69 Å². The number of hydrogen-bond donors (Lipinski definition) is 1. The first-order valence-electron chi connectivity index (χ1n) is 11.0. The van der Waals surface area contributed by atoms with E-state index in [9.17, 15) is 9.59 Å². The van der Waals surface area contributed by atoms with Crippen LogP contribution in [0.1, 0.15) is 46.1 Å². The van der Waals surface area contributed by atoms with Gasteiger partial charge < -0.3 is 20.0 Å². The third-order valence-electron chi connectivity index (χ3n) is 6.18. The highest BCUT2D eigenvalue weighted by Gasteiger charge is 2.30. The fraction of sp³-hybridized carbons (Fsp3) is 0.652. The number of benzene rings is 1. The van der Waals surface area contributed by atoms with E-state index in [0.717, 1.165) is 45.6 Å². The van der Waals surface area contributed by atoms with E-state index in [-0.39, 0.29) is 17.4 Å². The molecule has 0 atom stereocenters. The van der Waals surface area contributed by atoms with Crippen LogP contribution in [0.2, 0.25) is 0 Å². The fourth-order valence-electron chi connectivity index (χ4n) is 4.32. The number of para-hydroxylation sites is 1. The fourth-order valence-corrected chi connectivity index (χ4v) is 4.32. The van der Waals surface area contributed by atoms with Gasteiger partial charge in [-0.25, -0.2) is 0 Å². The van der Waals surface area contributed by atoms with Crippen LogP contribution in [-0.4, -0.2) is 73.5 Å². The summed E-state index contributed by atoms with van der Waals surface area (Å²) in [7, 11) is 0. The summed E-state index contributed by atoms with van der Waals surface area (Å²) < 4.78 is 0. The van der Waals surface area contributed by atoms with Crippen molar-refractivity contribution in [2.75, 3.05) is 50.7 Å². The van der Waals surface area contributed by atoms with Crippen molar-refractivity contribution in [2.24, 2.45) is 0 Å². The first-order valence-corrected chi connectivity index (χ1v) is 11.0. The van der Waals surface area contributed by atoms with E-state index in [1.165, 1.54) is 11.3 Å². The highest BCUT2D eigenvalue weighted by Crippen LogP contribution is 2.32. The first-order chi connectivity index (χ1) is 13.8. The molecule has 1 aromatic rings. The smallest absolute Gasteiger partial charge is 0.312 e. The van der Waals surface area contributed by atoms with Crippen molar-refractivity contribution in [3.05, 3.63) is 29.8 Å². The van der Waals surface area contributed by atoms with Crippen molar-refractivity contribution in [1.82, 2.24) is 15.1 Å². The lowest BCUT2D eigenvalue weighted by Crippen LogP contribution is -2.55. The number of hydrogen-bond acceptors (Lipinski definition) is 4. The van der Waals surface area contributed by atoms with Gasteiger partial charge >= 0.3 is 11.8 Å². The molecule has 0 radical (unpaired) electrons. The summed E-state index contributed by atoms with van der Waals surface area (Å²) in [4.78, 5) is 31.5. The van der Waals surface area contributed by atoms with Crippen LogP contribution in [0, 0.1) is 0 Å². The third-order valence-corrected chi connectivity index (χ3v) is 6.18. The van der Waals surface area contributed by atoms with E-state index in [0.29, 0.717) is 13.1 Å². The van der Waals surface area contributed by atoms with Crippen LogP contribution in [0.25, 0.3) is 0 Å². The number of nitrogens with zero attached hydrogens (tertiary/aromatic N) is 3. The Kier molecular flexibility index (Phi) is 6.83. The van der Waals surface area contributed by atoms with Gasteiger partial charge in [0.05, 0.1) is 0 Å². The van der Waals surface area contributed by atoms with Crippen molar-refractivity contribution in [1.29, 1.82) is 0 Å². The Hall–Kier alpha value is -2.08. The van der Waals surface area contributed by atoms with Gasteiger partial charge in [-0.2, -0.15) is 0 Å². The number of carbonyl (C=O) groups excluding carboxylic acids is 2. The number of rotatable bonds is 3. The average molecular weight is 401 g/mol. The second-order valence-electron chi connectivity index (χ2n) is 9.23. The molecule has 0 aliphatic carbocycles. The van der Waals surface area contributed by atoms with Crippen molar-refractivity contribution in [3.63, 3.8) is 0 Å². The first kappa shape index (κ1) is 21.6. The molecule has 0 spiro atoms. The Bertz CT molecular complexity index is 712. The van der Waals surface area contributed by atoms with E-state index in [1.807, 2.05) is 0 Å². The Morgan fingerprint density at radius 3 is 2.21 bits per heavy atom. The molecular formula is C23H36N4O2. The summed E-state index contributed by atoms with van der Waals surface area (Å²) in [5.41, 5.74) is 2.62.